The molecule has 0 aliphatic rings. The van der Waals surface area contributed by atoms with E-state index in [9.17, 15) is 5.11 Å². The Morgan fingerprint density at radius 2 is 1.68 bits per heavy atom. The molecule has 1 unspecified atom stereocenters. The molecule has 1 aromatic carbocycles. The number of methoxy groups -OCH3 is 2. The molecular weight excluding hydrogens is 282 g/mol. The summed E-state index contributed by atoms with van der Waals surface area (Å²) in [7, 11) is 3.39. The third-order valence-electron chi connectivity index (χ3n) is 3.52. The first-order valence-electron chi connectivity index (χ1n) is 7.82. The van der Waals surface area contributed by atoms with E-state index in [0.29, 0.717) is 26.2 Å². The van der Waals surface area contributed by atoms with Crippen molar-refractivity contribution in [1.29, 1.82) is 0 Å². The van der Waals surface area contributed by atoms with Crippen LogP contribution in [0, 0.1) is 0 Å². The quantitative estimate of drug-likeness (QED) is 0.641. The Bertz CT molecular complexity index is 392. The molecule has 0 saturated heterocycles. The molecule has 1 atom stereocenters. The van der Waals surface area contributed by atoms with Crippen molar-refractivity contribution < 1.29 is 19.3 Å². The Kier molecular flexibility index (Phi) is 9.82. The summed E-state index contributed by atoms with van der Waals surface area (Å²) in [6, 6.07) is 7.67. The average Bonchev–Trinajstić information content (AvgIpc) is 2.54. The van der Waals surface area contributed by atoms with Crippen molar-refractivity contribution in [2.75, 3.05) is 53.7 Å². The summed E-state index contributed by atoms with van der Waals surface area (Å²) in [5.41, 5.74) is 0.850. The molecule has 0 bridgehead atoms. The van der Waals surface area contributed by atoms with Gasteiger partial charge in [-0.1, -0.05) is 18.2 Å². The fraction of sp³-hybridized carbons (Fsp3) is 0.647. The zero-order valence-electron chi connectivity index (χ0n) is 14.0. The lowest BCUT2D eigenvalue weighted by Gasteiger charge is -2.23. The van der Waals surface area contributed by atoms with Crippen LogP contribution >= 0.6 is 0 Å². The molecule has 5 heteroatoms. The maximum Gasteiger partial charge on any atom is 0.125 e. The van der Waals surface area contributed by atoms with Gasteiger partial charge >= 0.3 is 0 Å². The van der Waals surface area contributed by atoms with E-state index in [2.05, 4.69) is 4.90 Å². The number of hydrogen-bond donors (Lipinski definition) is 1. The minimum atomic E-state index is -0.532. The molecule has 22 heavy (non-hydrogen) atoms. The van der Waals surface area contributed by atoms with E-state index in [1.807, 2.05) is 31.2 Å². The van der Waals surface area contributed by atoms with Crippen LogP contribution in [0.4, 0.5) is 0 Å². The van der Waals surface area contributed by atoms with Gasteiger partial charge in [-0.2, -0.15) is 0 Å². The van der Waals surface area contributed by atoms with Gasteiger partial charge in [-0.25, -0.2) is 0 Å². The Morgan fingerprint density at radius 3 is 2.27 bits per heavy atom. The van der Waals surface area contributed by atoms with Gasteiger partial charge in [0.15, 0.2) is 0 Å². The number of benzene rings is 1. The minimum Gasteiger partial charge on any atom is -0.493 e. The van der Waals surface area contributed by atoms with E-state index in [1.165, 1.54) is 0 Å². The number of hydrogen-bond acceptors (Lipinski definition) is 5. The molecule has 5 nitrogen and oxygen atoms in total. The van der Waals surface area contributed by atoms with E-state index in [1.54, 1.807) is 14.2 Å². The molecule has 0 aromatic heterocycles. The lowest BCUT2D eigenvalue weighted by molar-refractivity contribution is 0.0936. The minimum absolute atomic E-state index is 0.532. The Morgan fingerprint density at radius 1 is 1.05 bits per heavy atom. The van der Waals surface area contributed by atoms with Crippen molar-refractivity contribution in [3.63, 3.8) is 0 Å². The third kappa shape index (κ3) is 6.75. The van der Waals surface area contributed by atoms with Crippen molar-refractivity contribution >= 4 is 0 Å². The Labute approximate surface area is 133 Å². The van der Waals surface area contributed by atoms with Gasteiger partial charge in [0.25, 0.3) is 0 Å². The van der Waals surface area contributed by atoms with Crippen LogP contribution in [0.3, 0.4) is 0 Å². The second kappa shape index (κ2) is 11.4. The van der Waals surface area contributed by atoms with Crippen LogP contribution in [0.15, 0.2) is 24.3 Å². The largest absolute Gasteiger partial charge is 0.493 e. The Balaban J connectivity index is 2.56. The number of rotatable bonds is 12. The van der Waals surface area contributed by atoms with Crippen LogP contribution in [0.5, 0.6) is 5.75 Å². The third-order valence-corrected chi connectivity index (χ3v) is 3.52. The van der Waals surface area contributed by atoms with Crippen LogP contribution in [0.25, 0.3) is 0 Å². The summed E-state index contributed by atoms with van der Waals surface area (Å²) < 4.78 is 15.8. The molecule has 0 fully saturated rings. The summed E-state index contributed by atoms with van der Waals surface area (Å²) in [6.07, 6.45) is 0.118. The number of para-hydroxylation sites is 1. The van der Waals surface area contributed by atoms with Gasteiger partial charge in [-0.3, -0.25) is 4.90 Å². The van der Waals surface area contributed by atoms with Crippen molar-refractivity contribution in [1.82, 2.24) is 4.90 Å². The summed E-state index contributed by atoms with van der Waals surface area (Å²) in [6.45, 7) is 6.34. The van der Waals surface area contributed by atoms with E-state index in [-0.39, 0.29) is 0 Å². The maximum absolute atomic E-state index is 10.5. The smallest absolute Gasteiger partial charge is 0.125 e. The molecule has 0 radical (unpaired) electrons. The Hall–Kier alpha value is -1.14. The molecule has 0 spiro atoms. The highest BCUT2D eigenvalue weighted by atomic mass is 16.5. The maximum atomic E-state index is 10.5. The van der Waals surface area contributed by atoms with Crippen molar-refractivity contribution in [3.05, 3.63) is 29.8 Å². The predicted molar refractivity (Wildman–Crippen MR) is 87.4 cm³/mol. The number of aliphatic hydroxyl groups excluding tert-OH is 1. The molecule has 0 saturated carbocycles. The van der Waals surface area contributed by atoms with Crippen LogP contribution in [0.2, 0.25) is 0 Å². The van der Waals surface area contributed by atoms with Crippen LogP contribution < -0.4 is 4.74 Å². The number of aliphatic hydroxyl groups is 1. The van der Waals surface area contributed by atoms with Gasteiger partial charge in [0, 0.05) is 39.4 Å². The van der Waals surface area contributed by atoms with E-state index in [0.717, 1.165) is 30.9 Å². The molecule has 0 aliphatic heterocycles. The first-order chi connectivity index (χ1) is 10.7. The number of nitrogens with zero attached hydrogens (tertiary/aromatic N) is 1. The second-order valence-electron chi connectivity index (χ2n) is 5.10. The summed E-state index contributed by atoms with van der Waals surface area (Å²) in [5, 5.41) is 10.5. The second-order valence-corrected chi connectivity index (χ2v) is 5.10. The van der Waals surface area contributed by atoms with Crippen LogP contribution in [0.1, 0.15) is 25.0 Å². The monoisotopic (exact) mass is 311 g/mol. The fourth-order valence-electron chi connectivity index (χ4n) is 2.28. The SMILES string of the molecule is CCOc1ccccc1C(O)CCN(CCOC)CCOC. The van der Waals surface area contributed by atoms with E-state index >= 15 is 0 Å². The molecule has 1 N–H and O–H groups in total. The molecule has 1 aromatic rings. The lowest BCUT2D eigenvalue weighted by Crippen LogP contribution is -2.32. The molecule has 0 heterocycles. The standard InChI is InChI=1S/C17H29NO4/c1-4-22-17-8-6-5-7-15(17)16(19)9-10-18(11-13-20-2)12-14-21-3/h5-8,16,19H,4,9-14H2,1-3H3. The van der Waals surface area contributed by atoms with E-state index in [4.69, 9.17) is 14.2 Å². The molecular formula is C17H29NO4. The van der Waals surface area contributed by atoms with Crippen molar-refractivity contribution in [2.45, 2.75) is 19.4 Å². The lowest BCUT2D eigenvalue weighted by atomic mass is 10.1. The summed E-state index contributed by atoms with van der Waals surface area (Å²) in [5.74, 6) is 0.762. The zero-order chi connectivity index (χ0) is 16.2. The average molecular weight is 311 g/mol. The predicted octanol–water partition coefficient (Wildman–Crippen LogP) is 2.10. The normalized spacial score (nSPS) is 12.6. The fourth-order valence-corrected chi connectivity index (χ4v) is 2.28. The highest BCUT2D eigenvalue weighted by Gasteiger charge is 2.15. The molecule has 1 rings (SSSR count). The van der Waals surface area contributed by atoms with Crippen molar-refractivity contribution in [3.8, 4) is 5.75 Å². The van der Waals surface area contributed by atoms with Gasteiger partial charge in [-0.15, -0.1) is 0 Å². The topological polar surface area (TPSA) is 51.2 Å². The van der Waals surface area contributed by atoms with E-state index < -0.39 is 6.10 Å². The first kappa shape index (κ1) is 18.9. The highest BCUT2D eigenvalue weighted by Crippen LogP contribution is 2.27. The summed E-state index contributed by atoms with van der Waals surface area (Å²) >= 11 is 0. The summed E-state index contributed by atoms with van der Waals surface area (Å²) in [4.78, 5) is 2.24. The molecule has 126 valence electrons. The zero-order valence-corrected chi connectivity index (χ0v) is 14.0. The van der Waals surface area contributed by atoms with Gasteiger partial charge in [0.05, 0.1) is 25.9 Å². The number of ether oxygens (including phenoxy) is 3. The van der Waals surface area contributed by atoms with Gasteiger partial charge in [0.2, 0.25) is 0 Å². The van der Waals surface area contributed by atoms with Gasteiger partial charge in [-0.05, 0) is 19.4 Å². The van der Waals surface area contributed by atoms with Gasteiger partial charge in [0.1, 0.15) is 5.75 Å². The van der Waals surface area contributed by atoms with Crippen LogP contribution in [-0.2, 0) is 9.47 Å². The van der Waals surface area contributed by atoms with Crippen molar-refractivity contribution in [2.24, 2.45) is 0 Å². The first-order valence-corrected chi connectivity index (χ1v) is 7.82. The molecule has 0 amide bonds. The molecule has 0 aliphatic carbocycles. The van der Waals surface area contributed by atoms with Crippen LogP contribution in [-0.4, -0.2) is 63.7 Å². The highest BCUT2D eigenvalue weighted by molar-refractivity contribution is 5.35. The van der Waals surface area contributed by atoms with Gasteiger partial charge < -0.3 is 19.3 Å².